The Morgan fingerprint density at radius 3 is 1.52 bits per heavy atom. The van der Waals surface area contributed by atoms with Crippen molar-refractivity contribution in [1.29, 1.82) is 0 Å². The molecule has 0 bridgehead atoms. The molecule has 0 rings (SSSR count). The Bertz CT molecular complexity index is 424. The Hall–Kier alpha value is 0.510. The lowest BCUT2D eigenvalue weighted by Crippen LogP contribution is -2.16. The highest BCUT2D eigenvalue weighted by atomic mass is 35.7. The zero-order valence-corrected chi connectivity index (χ0v) is 22.2. The maximum Gasteiger partial charge on any atom is 0.286 e. The second-order valence-corrected chi connectivity index (χ2v) is 12.6. The Labute approximate surface area is 182 Å². The van der Waals surface area contributed by atoms with Crippen LogP contribution in [-0.4, -0.2) is 73.7 Å². The molecular weight excluding hydrogens is 442 g/mol. The van der Waals surface area contributed by atoms with E-state index in [2.05, 4.69) is 11.4 Å². The van der Waals surface area contributed by atoms with E-state index in [0.29, 0.717) is 12.6 Å². The van der Waals surface area contributed by atoms with E-state index in [1.54, 1.807) is 20.9 Å². The van der Waals surface area contributed by atoms with E-state index in [0.717, 1.165) is 19.6 Å². The summed E-state index contributed by atoms with van der Waals surface area (Å²) in [6.07, 6.45) is 4.24. The van der Waals surface area contributed by atoms with Gasteiger partial charge < -0.3 is 28.0 Å². The third-order valence-corrected chi connectivity index (χ3v) is 6.42. The first-order chi connectivity index (χ1) is 13.5. The summed E-state index contributed by atoms with van der Waals surface area (Å²) in [5.41, 5.74) is 0. The van der Waals surface area contributed by atoms with E-state index < -0.39 is 14.1 Å². The van der Waals surface area contributed by atoms with Gasteiger partial charge in [0, 0.05) is 67.6 Å². The summed E-state index contributed by atoms with van der Waals surface area (Å²) >= 11 is 5.05. The average molecular weight is 485 g/mol. The normalized spacial score (nSPS) is 15.0. The van der Waals surface area contributed by atoms with Crippen LogP contribution in [0.25, 0.3) is 0 Å². The summed E-state index contributed by atoms with van der Waals surface area (Å²) in [4.78, 5) is 0. The minimum absolute atomic E-state index is 0.0324. The van der Waals surface area contributed by atoms with Gasteiger partial charge in [-0.3, -0.25) is 9.13 Å². The molecule has 0 radical (unpaired) electrons. The van der Waals surface area contributed by atoms with Crippen molar-refractivity contribution in [3.63, 3.8) is 0 Å². The third-order valence-electron chi connectivity index (χ3n) is 3.51. The van der Waals surface area contributed by atoms with Gasteiger partial charge in [-0.2, -0.15) is 0 Å². The van der Waals surface area contributed by atoms with Crippen molar-refractivity contribution in [3.8, 4) is 0 Å². The second kappa shape index (κ2) is 21.7. The fourth-order valence-corrected chi connectivity index (χ4v) is 2.58. The molecular formula is C18H43ClO8P2. The predicted molar refractivity (Wildman–Crippen MR) is 121 cm³/mol. The quantitative estimate of drug-likeness (QED) is 0.225. The monoisotopic (exact) mass is 484 g/mol. The average Bonchev–Trinajstić information content (AvgIpc) is 2.67. The van der Waals surface area contributed by atoms with Gasteiger partial charge in [-0.1, -0.05) is 13.3 Å². The van der Waals surface area contributed by atoms with E-state index in [4.69, 9.17) is 34.7 Å². The van der Waals surface area contributed by atoms with E-state index in [1.807, 2.05) is 13.8 Å². The summed E-state index contributed by atoms with van der Waals surface area (Å²) in [6.45, 7) is 7.93. The lowest BCUT2D eigenvalue weighted by Gasteiger charge is -2.15. The van der Waals surface area contributed by atoms with Gasteiger partial charge >= 0.3 is 0 Å². The molecule has 0 spiro atoms. The van der Waals surface area contributed by atoms with Crippen molar-refractivity contribution in [3.05, 3.63) is 0 Å². The molecule has 0 aromatic rings. The first kappa shape index (κ1) is 34.1. The molecule has 0 heterocycles. The third kappa shape index (κ3) is 28.5. The first-order valence-corrected chi connectivity index (χ1v) is 14.9. The summed E-state index contributed by atoms with van der Waals surface area (Å²) in [6, 6.07) is 0. The van der Waals surface area contributed by atoms with Crippen LogP contribution in [0.15, 0.2) is 0 Å². The van der Waals surface area contributed by atoms with E-state index in [9.17, 15) is 9.13 Å². The van der Waals surface area contributed by atoms with Crippen LogP contribution in [0.2, 0.25) is 0 Å². The van der Waals surface area contributed by atoms with Gasteiger partial charge in [0.05, 0.1) is 0 Å². The van der Waals surface area contributed by atoms with E-state index in [-0.39, 0.29) is 12.6 Å². The maximum absolute atomic E-state index is 11.4. The van der Waals surface area contributed by atoms with Gasteiger partial charge in [0.2, 0.25) is 0 Å². The molecule has 0 aliphatic rings. The number of hydrogen-bond donors (Lipinski definition) is 0. The highest BCUT2D eigenvalue weighted by Crippen LogP contribution is 2.46. The summed E-state index contributed by atoms with van der Waals surface area (Å²) in [5.74, 6) is 0. The molecule has 0 saturated carbocycles. The number of methoxy groups -OCH3 is 2. The summed E-state index contributed by atoms with van der Waals surface area (Å²) in [5, 5.41) is 0. The van der Waals surface area contributed by atoms with Crippen LogP contribution in [-0.2, 0) is 37.1 Å². The fourth-order valence-electron chi connectivity index (χ4n) is 1.72. The van der Waals surface area contributed by atoms with Crippen molar-refractivity contribution >= 4 is 25.3 Å². The molecule has 0 aromatic heterocycles. The Morgan fingerprint density at radius 1 is 0.793 bits per heavy atom. The van der Waals surface area contributed by atoms with Crippen LogP contribution in [0.3, 0.4) is 0 Å². The molecule has 0 aliphatic carbocycles. The Balaban J connectivity index is -0.000000369. The van der Waals surface area contributed by atoms with Crippen LogP contribution in [0.4, 0.5) is 0 Å². The molecule has 0 aromatic carbocycles. The van der Waals surface area contributed by atoms with Gasteiger partial charge in [0.15, 0.2) is 19.9 Å². The van der Waals surface area contributed by atoms with E-state index in [1.165, 1.54) is 33.7 Å². The number of unbranched alkanes of at least 4 members (excludes halogenated alkanes) is 1. The summed E-state index contributed by atoms with van der Waals surface area (Å²) in [7, 11) is 3.47. The topological polar surface area (TPSA) is 89.5 Å². The number of hydrogen-bond acceptors (Lipinski definition) is 8. The zero-order chi connectivity index (χ0) is 23.3. The van der Waals surface area contributed by atoms with Gasteiger partial charge in [0.25, 0.3) is 6.72 Å². The molecule has 0 N–H and O–H groups in total. The van der Waals surface area contributed by atoms with Crippen LogP contribution in [0.5, 0.6) is 0 Å². The SMILES string of the molecule is CCCCC(OCC)OCC.COC(CCP(C)(=O)OC)OC.COP(C)(=O)Cl. The largest absolute Gasteiger partial charge is 0.356 e. The molecule has 8 nitrogen and oxygen atoms in total. The molecule has 0 saturated heterocycles. The molecule has 0 amide bonds. The van der Waals surface area contributed by atoms with Gasteiger partial charge in [-0.25, -0.2) is 0 Å². The van der Waals surface area contributed by atoms with Crippen molar-refractivity contribution in [2.75, 3.05) is 61.1 Å². The van der Waals surface area contributed by atoms with E-state index >= 15 is 0 Å². The highest BCUT2D eigenvalue weighted by molar-refractivity contribution is 7.84. The minimum Gasteiger partial charge on any atom is -0.356 e. The van der Waals surface area contributed by atoms with Gasteiger partial charge in [-0.05, 0) is 37.9 Å². The van der Waals surface area contributed by atoms with Crippen molar-refractivity contribution in [1.82, 2.24) is 0 Å². The van der Waals surface area contributed by atoms with Crippen LogP contribution in [0, 0.1) is 0 Å². The smallest absolute Gasteiger partial charge is 0.286 e. The van der Waals surface area contributed by atoms with Gasteiger partial charge in [0.1, 0.15) is 0 Å². The Morgan fingerprint density at radius 2 is 1.24 bits per heavy atom. The molecule has 29 heavy (non-hydrogen) atoms. The maximum atomic E-state index is 11.4. The van der Waals surface area contributed by atoms with Crippen LogP contribution >= 0.6 is 25.3 Å². The summed E-state index contributed by atoms with van der Waals surface area (Å²) < 4.78 is 51.2. The number of ether oxygens (including phenoxy) is 4. The molecule has 2 atom stereocenters. The van der Waals surface area contributed by atoms with Crippen molar-refractivity contribution in [2.45, 2.75) is 59.0 Å². The fraction of sp³-hybridized carbons (Fsp3) is 1.00. The van der Waals surface area contributed by atoms with Crippen LogP contribution in [0.1, 0.15) is 46.5 Å². The molecule has 2 unspecified atom stereocenters. The zero-order valence-electron chi connectivity index (χ0n) is 19.6. The molecule has 11 heteroatoms. The molecule has 0 aliphatic heterocycles. The molecule has 0 fully saturated rings. The lowest BCUT2D eigenvalue weighted by molar-refractivity contribution is -0.140. The molecule has 180 valence electrons. The number of rotatable bonds is 14. The van der Waals surface area contributed by atoms with Crippen LogP contribution < -0.4 is 0 Å². The highest BCUT2D eigenvalue weighted by Gasteiger charge is 2.16. The predicted octanol–water partition coefficient (Wildman–Crippen LogP) is 5.82. The number of halogens is 1. The Kier molecular flexibility index (Phi) is 25.6. The van der Waals surface area contributed by atoms with Crippen molar-refractivity contribution < 1.29 is 37.1 Å². The lowest BCUT2D eigenvalue weighted by atomic mass is 10.2. The minimum atomic E-state index is -2.67. The standard InChI is InChI=1S/C9H20O2.C7H17O4P.C2H6ClO2P/c1-4-7-8-9(10-5-2)11-6-3;1-9-7(10-2)5-6-12(4,8)11-3;1-5-6(2,3)4/h9H,4-8H2,1-3H3;7H,5-6H2,1-4H3;1-2H3. The van der Waals surface area contributed by atoms with Gasteiger partial charge in [-0.15, -0.1) is 0 Å². The second-order valence-electron chi connectivity index (χ2n) is 6.02. The first-order valence-electron chi connectivity index (χ1n) is 9.70. The van der Waals surface area contributed by atoms with Crippen molar-refractivity contribution in [2.24, 2.45) is 0 Å².